The SMILES string of the molecule is CCC1CCC(CN)(NCC(C)OC)C1. The molecule has 0 aromatic heterocycles. The molecular weight excluding hydrogens is 188 g/mol. The lowest BCUT2D eigenvalue weighted by molar-refractivity contribution is 0.107. The summed E-state index contributed by atoms with van der Waals surface area (Å²) >= 11 is 0. The monoisotopic (exact) mass is 214 g/mol. The first-order chi connectivity index (χ1) is 7.15. The average molecular weight is 214 g/mol. The van der Waals surface area contributed by atoms with Gasteiger partial charge in [0.1, 0.15) is 0 Å². The molecule has 0 saturated heterocycles. The fourth-order valence-corrected chi connectivity index (χ4v) is 2.45. The number of rotatable bonds is 6. The number of nitrogens with one attached hydrogen (secondary N) is 1. The van der Waals surface area contributed by atoms with Gasteiger partial charge in [-0.05, 0) is 32.1 Å². The molecule has 1 saturated carbocycles. The maximum atomic E-state index is 5.91. The number of ether oxygens (including phenoxy) is 1. The minimum atomic E-state index is 0.188. The highest BCUT2D eigenvalue weighted by atomic mass is 16.5. The van der Waals surface area contributed by atoms with Crippen LogP contribution >= 0.6 is 0 Å². The first kappa shape index (κ1) is 12.9. The topological polar surface area (TPSA) is 47.3 Å². The van der Waals surface area contributed by atoms with Crippen molar-refractivity contribution in [2.24, 2.45) is 11.7 Å². The van der Waals surface area contributed by atoms with Gasteiger partial charge in [0.05, 0.1) is 6.10 Å². The third kappa shape index (κ3) is 3.44. The van der Waals surface area contributed by atoms with Crippen molar-refractivity contribution in [1.29, 1.82) is 0 Å². The molecule has 0 spiro atoms. The van der Waals surface area contributed by atoms with Gasteiger partial charge in [-0.2, -0.15) is 0 Å². The first-order valence-corrected chi connectivity index (χ1v) is 6.13. The largest absolute Gasteiger partial charge is 0.380 e. The van der Waals surface area contributed by atoms with E-state index in [1.807, 2.05) is 0 Å². The van der Waals surface area contributed by atoms with Crippen molar-refractivity contribution >= 4 is 0 Å². The van der Waals surface area contributed by atoms with Crippen LogP contribution in [0.5, 0.6) is 0 Å². The Hall–Kier alpha value is -0.120. The van der Waals surface area contributed by atoms with Crippen LogP contribution in [0.2, 0.25) is 0 Å². The summed E-state index contributed by atoms with van der Waals surface area (Å²) in [5.41, 5.74) is 6.10. The zero-order valence-corrected chi connectivity index (χ0v) is 10.4. The van der Waals surface area contributed by atoms with Gasteiger partial charge in [-0.1, -0.05) is 13.3 Å². The Balaban J connectivity index is 2.41. The Kier molecular flexibility index (Phi) is 5.03. The molecule has 3 nitrogen and oxygen atoms in total. The second-order valence-electron chi connectivity index (χ2n) is 4.93. The summed E-state index contributed by atoms with van der Waals surface area (Å²) < 4.78 is 5.25. The van der Waals surface area contributed by atoms with Crippen LogP contribution in [0.3, 0.4) is 0 Å². The first-order valence-electron chi connectivity index (χ1n) is 6.13. The summed E-state index contributed by atoms with van der Waals surface area (Å²) in [6.45, 7) is 6.02. The van der Waals surface area contributed by atoms with Crippen molar-refractivity contribution in [3.8, 4) is 0 Å². The van der Waals surface area contributed by atoms with Crippen LogP contribution in [0, 0.1) is 5.92 Å². The summed E-state index contributed by atoms with van der Waals surface area (Å²) in [7, 11) is 1.75. The lowest BCUT2D eigenvalue weighted by Gasteiger charge is -2.30. The molecule has 1 fully saturated rings. The molecule has 0 aromatic carbocycles. The van der Waals surface area contributed by atoms with Crippen LogP contribution in [0.1, 0.15) is 39.5 Å². The van der Waals surface area contributed by atoms with Gasteiger partial charge in [-0.15, -0.1) is 0 Å². The molecular formula is C12H26N2O. The van der Waals surface area contributed by atoms with Gasteiger partial charge in [0.2, 0.25) is 0 Å². The summed E-state index contributed by atoms with van der Waals surface area (Å²) in [5, 5.41) is 3.61. The van der Waals surface area contributed by atoms with E-state index in [0.29, 0.717) is 0 Å². The van der Waals surface area contributed by atoms with Crippen LogP contribution in [0.15, 0.2) is 0 Å². The highest BCUT2D eigenvalue weighted by Gasteiger charge is 2.36. The van der Waals surface area contributed by atoms with Gasteiger partial charge >= 0.3 is 0 Å². The predicted molar refractivity (Wildman–Crippen MR) is 63.9 cm³/mol. The van der Waals surface area contributed by atoms with Gasteiger partial charge in [-0.25, -0.2) is 0 Å². The van der Waals surface area contributed by atoms with E-state index in [4.69, 9.17) is 10.5 Å². The van der Waals surface area contributed by atoms with Crippen LogP contribution in [-0.2, 0) is 4.74 Å². The van der Waals surface area contributed by atoms with Gasteiger partial charge in [-0.3, -0.25) is 0 Å². The zero-order chi connectivity index (χ0) is 11.3. The van der Waals surface area contributed by atoms with Crippen LogP contribution in [0.25, 0.3) is 0 Å². The minimum absolute atomic E-state index is 0.188. The molecule has 1 aliphatic carbocycles. The number of hydrogen-bond donors (Lipinski definition) is 2. The number of hydrogen-bond acceptors (Lipinski definition) is 3. The van der Waals surface area contributed by atoms with Crippen molar-refractivity contribution in [2.45, 2.75) is 51.2 Å². The van der Waals surface area contributed by atoms with Gasteiger partial charge in [0.15, 0.2) is 0 Å². The molecule has 3 atom stereocenters. The highest BCUT2D eigenvalue weighted by molar-refractivity contribution is 4.97. The molecule has 90 valence electrons. The van der Waals surface area contributed by atoms with Crippen LogP contribution < -0.4 is 11.1 Å². The summed E-state index contributed by atoms with van der Waals surface area (Å²) in [4.78, 5) is 0. The predicted octanol–water partition coefficient (Wildman–Crippen LogP) is 1.52. The van der Waals surface area contributed by atoms with E-state index >= 15 is 0 Å². The Morgan fingerprint density at radius 2 is 2.33 bits per heavy atom. The van der Waals surface area contributed by atoms with E-state index in [-0.39, 0.29) is 11.6 Å². The Bertz CT molecular complexity index is 186. The normalized spacial score (nSPS) is 33.2. The minimum Gasteiger partial charge on any atom is -0.380 e. The Morgan fingerprint density at radius 3 is 2.80 bits per heavy atom. The standard InChI is InChI=1S/C12H26N2O/c1-4-11-5-6-12(7-11,9-13)14-8-10(2)15-3/h10-11,14H,4-9,13H2,1-3H3. The molecule has 15 heavy (non-hydrogen) atoms. The van der Waals surface area contributed by atoms with Crippen molar-refractivity contribution in [3.63, 3.8) is 0 Å². The molecule has 0 bridgehead atoms. The van der Waals surface area contributed by atoms with Gasteiger partial charge in [0, 0.05) is 25.7 Å². The fraction of sp³-hybridized carbons (Fsp3) is 1.00. The molecule has 3 heteroatoms. The molecule has 3 unspecified atom stereocenters. The molecule has 3 N–H and O–H groups in total. The number of nitrogens with two attached hydrogens (primary N) is 1. The van der Waals surface area contributed by atoms with Crippen molar-refractivity contribution < 1.29 is 4.74 Å². The molecule has 0 aromatic rings. The average Bonchev–Trinajstić information content (AvgIpc) is 2.70. The fourth-order valence-electron chi connectivity index (χ4n) is 2.45. The third-order valence-electron chi connectivity index (χ3n) is 3.85. The Morgan fingerprint density at radius 1 is 1.60 bits per heavy atom. The van der Waals surface area contributed by atoms with E-state index in [1.54, 1.807) is 7.11 Å². The second-order valence-corrected chi connectivity index (χ2v) is 4.93. The van der Waals surface area contributed by atoms with Gasteiger partial charge in [0.25, 0.3) is 0 Å². The molecule has 0 aliphatic heterocycles. The lowest BCUT2D eigenvalue weighted by atomic mass is 9.95. The van der Waals surface area contributed by atoms with Crippen LogP contribution in [-0.4, -0.2) is 31.8 Å². The van der Waals surface area contributed by atoms with E-state index in [9.17, 15) is 0 Å². The highest BCUT2D eigenvalue weighted by Crippen LogP contribution is 2.35. The molecule has 0 amide bonds. The van der Waals surface area contributed by atoms with E-state index < -0.39 is 0 Å². The van der Waals surface area contributed by atoms with Crippen molar-refractivity contribution in [3.05, 3.63) is 0 Å². The maximum absolute atomic E-state index is 5.91. The van der Waals surface area contributed by atoms with E-state index in [0.717, 1.165) is 19.0 Å². The lowest BCUT2D eigenvalue weighted by Crippen LogP contribution is -2.51. The molecule has 1 aliphatic rings. The number of methoxy groups -OCH3 is 1. The molecule has 0 heterocycles. The summed E-state index contributed by atoms with van der Waals surface area (Å²) in [6.07, 6.45) is 5.33. The van der Waals surface area contributed by atoms with Gasteiger partial charge < -0.3 is 15.8 Å². The van der Waals surface area contributed by atoms with Crippen molar-refractivity contribution in [2.75, 3.05) is 20.2 Å². The van der Waals surface area contributed by atoms with Crippen molar-refractivity contribution in [1.82, 2.24) is 5.32 Å². The summed E-state index contributed by atoms with van der Waals surface area (Å²) in [5.74, 6) is 0.860. The molecule has 1 rings (SSSR count). The third-order valence-corrected chi connectivity index (χ3v) is 3.85. The van der Waals surface area contributed by atoms with E-state index in [2.05, 4.69) is 19.2 Å². The Labute approximate surface area is 93.8 Å². The van der Waals surface area contributed by atoms with E-state index in [1.165, 1.54) is 25.7 Å². The second kappa shape index (κ2) is 5.83. The smallest absolute Gasteiger partial charge is 0.0667 e. The van der Waals surface area contributed by atoms with Crippen LogP contribution in [0.4, 0.5) is 0 Å². The molecule has 0 radical (unpaired) electrons. The zero-order valence-electron chi connectivity index (χ0n) is 10.4. The maximum Gasteiger partial charge on any atom is 0.0667 e. The quantitative estimate of drug-likeness (QED) is 0.705. The summed E-state index contributed by atoms with van der Waals surface area (Å²) in [6, 6.07) is 0.